The van der Waals surface area contributed by atoms with Crippen LogP contribution in [0.5, 0.6) is 0 Å². The summed E-state index contributed by atoms with van der Waals surface area (Å²) < 4.78 is 1.95. The summed E-state index contributed by atoms with van der Waals surface area (Å²) in [6.45, 7) is 1.92. The summed E-state index contributed by atoms with van der Waals surface area (Å²) in [7, 11) is 1.93. The number of aryl methyl sites for hydroxylation is 1. The van der Waals surface area contributed by atoms with Gasteiger partial charge >= 0.3 is 0 Å². The van der Waals surface area contributed by atoms with Gasteiger partial charge in [-0.3, -0.25) is 4.98 Å². The molecule has 0 unspecified atom stereocenters. The quantitative estimate of drug-likeness (QED) is 0.763. The normalized spacial score (nSPS) is 10.1. The number of pyridine rings is 1. The van der Waals surface area contributed by atoms with Crippen LogP contribution >= 0.6 is 0 Å². The fraction of sp³-hybridized carbons (Fsp3) is 0.250. The van der Waals surface area contributed by atoms with E-state index in [1.165, 1.54) is 0 Å². The van der Waals surface area contributed by atoms with Crippen molar-refractivity contribution in [3.05, 3.63) is 35.9 Å². The minimum atomic E-state index is 0.385. The number of nitriles is 1. The zero-order valence-electron chi connectivity index (χ0n) is 9.31. The van der Waals surface area contributed by atoms with Crippen molar-refractivity contribution in [2.45, 2.75) is 13.3 Å². The summed E-state index contributed by atoms with van der Waals surface area (Å²) in [6.07, 6.45) is 3.89. The van der Waals surface area contributed by atoms with E-state index in [2.05, 4.69) is 16.0 Å². The van der Waals surface area contributed by atoms with Gasteiger partial charge in [0.15, 0.2) is 0 Å². The molecule has 0 amide bonds. The van der Waals surface area contributed by atoms with E-state index in [-0.39, 0.29) is 0 Å². The van der Waals surface area contributed by atoms with Crippen LogP contribution in [0.4, 0.5) is 0 Å². The van der Waals surface area contributed by atoms with Gasteiger partial charge in [-0.1, -0.05) is 0 Å². The van der Waals surface area contributed by atoms with Crippen LogP contribution in [0.25, 0.3) is 11.4 Å². The minimum absolute atomic E-state index is 0.385. The molecule has 0 aliphatic heterocycles. The van der Waals surface area contributed by atoms with Crippen molar-refractivity contribution < 1.29 is 0 Å². The highest BCUT2D eigenvalue weighted by Crippen LogP contribution is 2.20. The highest BCUT2D eigenvalue weighted by Gasteiger charge is 2.12. The van der Waals surface area contributed by atoms with Crippen LogP contribution in [0.2, 0.25) is 0 Å². The molecule has 0 saturated heterocycles. The van der Waals surface area contributed by atoms with Gasteiger partial charge in [0.2, 0.25) is 0 Å². The summed E-state index contributed by atoms with van der Waals surface area (Å²) >= 11 is 0. The van der Waals surface area contributed by atoms with Crippen molar-refractivity contribution in [1.82, 2.24) is 14.5 Å². The van der Waals surface area contributed by atoms with E-state index in [9.17, 15) is 0 Å². The van der Waals surface area contributed by atoms with Gasteiger partial charge in [-0.05, 0) is 19.1 Å². The fourth-order valence-electron chi connectivity index (χ4n) is 1.74. The molecule has 0 fully saturated rings. The lowest BCUT2D eigenvalue weighted by Gasteiger charge is -2.02. The Bertz CT molecular complexity index is 534. The molecule has 0 atom stereocenters. The molecule has 2 aromatic rings. The van der Waals surface area contributed by atoms with E-state index < -0.39 is 0 Å². The molecular weight excluding hydrogens is 200 g/mol. The highest BCUT2D eigenvalue weighted by atomic mass is 15.1. The molecule has 0 saturated carbocycles. The largest absolute Gasteiger partial charge is 0.330 e. The number of imidazole rings is 1. The van der Waals surface area contributed by atoms with Crippen LogP contribution in [0.1, 0.15) is 11.4 Å². The Kier molecular flexibility index (Phi) is 2.69. The van der Waals surface area contributed by atoms with Crippen LogP contribution in [0, 0.1) is 18.3 Å². The van der Waals surface area contributed by atoms with E-state index in [4.69, 9.17) is 5.26 Å². The summed E-state index contributed by atoms with van der Waals surface area (Å²) in [6, 6.07) is 6.00. The molecule has 0 N–H and O–H groups in total. The van der Waals surface area contributed by atoms with Gasteiger partial charge in [0.1, 0.15) is 5.82 Å². The van der Waals surface area contributed by atoms with E-state index in [0.717, 1.165) is 22.8 Å². The first kappa shape index (κ1) is 10.4. The Labute approximate surface area is 94.2 Å². The molecular formula is C12H12N4. The maximum atomic E-state index is 8.74. The third-order valence-corrected chi connectivity index (χ3v) is 2.58. The van der Waals surface area contributed by atoms with Gasteiger partial charge < -0.3 is 4.57 Å². The second-order valence-corrected chi connectivity index (χ2v) is 3.60. The van der Waals surface area contributed by atoms with Crippen molar-refractivity contribution in [1.29, 1.82) is 5.26 Å². The zero-order valence-corrected chi connectivity index (χ0v) is 9.31. The third-order valence-electron chi connectivity index (χ3n) is 2.58. The zero-order chi connectivity index (χ0) is 11.5. The molecule has 2 rings (SSSR count). The van der Waals surface area contributed by atoms with Gasteiger partial charge in [-0.2, -0.15) is 5.26 Å². The van der Waals surface area contributed by atoms with Crippen LogP contribution in [-0.2, 0) is 13.5 Å². The number of hydrogen-bond acceptors (Lipinski definition) is 3. The van der Waals surface area contributed by atoms with Gasteiger partial charge in [0.05, 0.1) is 23.9 Å². The molecule has 0 aromatic carbocycles. The Morgan fingerprint density at radius 1 is 1.50 bits per heavy atom. The summed E-state index contributed by atoms with van der Waals surface area (Å²) in [4.78, 5) is 8.54. The molecule has 4 nitrogen and oxygen atoms in total. The summed E-state index contributed by atoms with van der Waals surface area (Å²) in [5.41, 5.74) is 2.83. The number of hydrogen-bond donors (Lipinski definition) is 0. The van der Waals surface area contributed by atoms with Gasteiger partial charge in [0, 0.05) is 25.0 Å². The first-order valence-corrected chi connectivity index (χ1v) is 5.03. The SMILES string of the molecule is Cc1nc(-c2cccnc2)n(C)c1CC#N. The van der Waals surface area contributed by atoms with E-state index in [1.54, 1.807) is 12.4 Å². The van der Waals surface area contributed by atoms with Crippen LogP contribution < -0.4 is 0 Å². The first-order valence-electron chi connectivity index (χ1n) is 5.03. The van der Waals surface area contributed by atoms with E-state index in [0.29, 0.717) is 6.42 Å². The molecule has 80 valence electrons. The monoisotopic (exact) mass is 212 g/mol. The molecule has 0 aliphatic carbocycles. The van der Waals surface area contributed by atoms with Crippen molar-refractivity contribution >= 4 is 0 Å². The fourth-order valence-corrected chi connectivity index (χ4v) is 1.74. The molecule has 0 spiro atoms. The third kappa shape index (κ3) is 1.68. The molecule has 2 aromatic heterocycles. The van der Waals surface area contributed by atoms with Crippen LogP contribution in [0.15, 0.2) is 24.5 Å². The van der Waals surface area contributed by atoms with Crippen molar-refractivity contribution in [2.24, 2.45) is 7.05 Å². The van der Waals surface area contributed by atoms with Crippen LogP contribution in [-0.4, -0.2) is 14.5 Å². The van der Waals surface area contributed by atoms with Crippen LogP contribution in [0.3, 0.4) is 0 Å². The Morgan fingerprint density at radius 2 is 2.31 bits per heavy atom. The second-order valence-electron chi connectivity index (χ2n) is 3.60. The second kappa shape index (κ2) is 4.15. The predicted octanol–water partition coefficient (Wildman–Crippen LogP) is 1.86. The van der Waals surface area contributed by atoms with Gasteiger partial charge in [-0.25, -0.2) is 4.98 Å². The maximum Gasteiger partial charge on any atom is 0.141 e. The Balaban J connectivity index is 2.53. The molecule has 0 radical (unpaired) electrons. The predicted molar refractivity (Wildman–Crippen MR) is 60.5 cm³/mol. The van der Waals surface area contributed by atoms with Crippen molar-refractivity contribution in [3.63, 3.8) is 0 Å². The lowest BCUT2D eigenvalue weighted by atomic mass is 10.2. The minimum Gasteiger partial charge on any atom is -0.330 e. The molecule has 4 heteroatoms. The number of nitrogens with zero attached hydrogens (tertiary/aromatic N) is 4. The lowest BCUT2D eigenvalue weighted by Crippen LogP contribution is -1.98. The Morgan fingerprint density at radius 3 is 2.94 bits per heavy atom. The molecule has 0 aliphatic rings. The topological polar surface area (TPSA) is 54.5 Å². The lowest BCUT2D eigenvalue weighted by molar-refractivity contribution is 0.859. The summed E-state index contributed by atoms with van der Waals surface area (Å²) in [5, 5.41) is 8.74. The summed E-state index contributed by atoms with van der Waals surface area (Å²) in [5.74, 6) is 0.857. The molecule has 16 heavy (non-hydrogen) atoms. The van der Waals surface area contributed by atoms with E-state index in [1.807, 2.05) is 30.7 Å². The first-order chi connectivity index (χ1) is 7.74. The van der Waals surface area contributed by atoms with Gasteiger partial charge in [0.25, 0.3) is 0 Å². The van der Waals surface area contributed by atoms with E-state index >= 15 is 0 Å². The number of rotatable bonds is 2. The maximum absolute atomic E-state index is 8.74. The average Bonchev–Trinajstić information content (AvgIpc) is 2.59. The Hall–Kier alpha value is -2.15. The van der Waals surface area contributed by atoms with Gasteiger partial charge in [-0.15, -0.1) is 0 Å². The smallest absolute Gasteiger partial charge is 0.141 e. The standard InChI is InChI=1S/C12H12N4/c1-9-11(5-6-13)16(2)12(15-9)10-4-3-7-14-8-10/h3-4,7-8H,5H2,1-2H3. The highest BCUT2D eigenvalue weighted by molar-refractivity contribution is 5.55. The molecule has 2 heterocycles. The molecule has 0 bridgehead atoms. The average molecular weight is 212 g/mol. The van der Waals surface area contributed by atoms with Crippen molar-refractivity contribution in [2.75, 3.05) is 0 Å². The van der Waals surface area contributed by atoms with Crippen molar-refractivity contribution in [3.8, 4) is 17.5 Å². The number of aromatic nitrogens is 3.